The topological polar surface area (TPSA) is 101 Å². The molecule has 0 saturated carbocycles. The highest BCUT2D eigenvalue weighted by molar-refractivity contribution is 7.91. The molecule has 1 atom stereocenters. The first kappa shape index (κ1) is 22.6. The van der Waals surface area contributed by atoms with Crippen LogP contribution in [-0.2, 0) is 21.2 Å². The van der Waals surface area contributed by atoms with E-state index in [1.54, 1.807) is 4.57 Å². The molecule has 2 aliphatic rings. The summed E-state index contributed by atoms with van der Waals surface area (Å²) in [5, 5.41) is 2.91. The molecule has 178 valence electrons. The monoisotopic (exact) mass is 480 g/mol. The number of benzene rings is 2. The number of aromatic nitrogens is 2. The maximum Gasteiger partial charge on any atom is 0.294 e. The van der Waals surface area contributed by atoms with Crippen LogP contribution in [0.25, 0.3) is 11.0 Å². The molecular formula is C25H28N4O4S. The van der Waals surface area contributed by atoms with Crippen LogP contribution < -0.4 is 15.8 Å². The third-order valence-electron chi connectivity index (χ3n) is 6.76. The second-order valence-electron chi connectivity index (χ2n) is 9.17. The third kappa shape index (κ3) is 4.70. The molecule has 2 saturated heterocycles. The van der Waals surface area contributed by atoms with E-state index >= 15 is 0 Å². The zero-order valence-corrected chi connectivity index (χ0v) is 19.7. The van der Waals surface area contributed by atoms with E-state index in [2.05, 4.69) is 5.32 Å². The van der Waals surface area contributed by atoms with Gasteiger partial charge in [-0.05, 0) is 37.0 Å². The number of anilines is 1. The zero-order chi connectivity index (χ0) is 23.7. The molecule has 0 unspecified atom stereocenters. The van der Waals surface area contributed by atoms with Gasteiger partial charge in [-0.15, -0.1) is 0 Å². The molecule has 2 aromatic carbocycles. The fraction of sp³-hybridized carbons (Fsp3) is 0.400. The average molecular weight is 481 g/mol. The van der Waals surface area contributed by atoms with Crippen molar-refractivity contribution in [2.24, 2.45) is 5.92 Å². The largest absolute Gasteiger partial charge is 0.352 e. The molecule has 3 aromatic rings. The van der Waals surface area contributed by atoms with Crippen LogP contribution in [0, 0.1) is 5.92 Å². The predicted molar refractivity (Wildman–Crippen MR) is 132 cm³/mol. The third-order valence-corrected chi connectivity index (χ3v) is 8.53. The van der Waals surface area contributed by atoms with Gasteiger partial charge in [0.1, 0.15) is 0 Å². The number of rotatable bonds is 5. The van der Waals surface area contributed by atoms with Gasteiger partial charge in [0, 0.05) is 25.0 Å². The van der Waals surface area contributed by atoms with Gasteiger partial charge in [0.15, 0.2) is 15.7 Å². The number of carbonyl (C=O) groups excluding carboxylic acids is 1. The van der Waals surface area contributed by atoms with Gasteiger partial charge < -0.3 is 10.2 Å². The van der Waals surface area contributed by atoms with E-state index in [1.165, 1.54) is 0 Å². The number of nitrogens with one attached hydrogen (secondary N) is 1. The van der Waals surface area contributed by atoms with E-state index in [9.17, 15) is 18.0 Å². The molecule has 8 nitrogen and oxygen atoms in total. The molecule has 1 aromatic heterocycles. The van der Waals surface area contributed by atoms with Crippen molar-refractivity contribution in [3.63, 3.8) is 0 Å². The van der Waals surface area contributed by atoms with Gasteiger partial charge in [-0.2, -0.15) is 0 Å². The Labute approximate surface area is 198 Å². The summed E-state index contributed by atoms with van der Waals surface area (Å²) >= 11 is 0. The molecule has 1 N–H and O–H groups in total. The van der Waals surface area contributed by atoms with Gasteiger partial charge in [-0.3, -0.25) is 14.2 Å². The molecule has 1 amide bonds. The molecule has 2 aliphatic heterocycles. The van der Waals surface area contributed by atoms with Crippen LogP contribution in [0.1, 0.15) is 24.8 Å². The number of hydrogen-bond donors (Lipinski definition) is 1. The van der Waals surface area contributed by atoms with Crippen LogP contribution in [0.15, 0.2) is 59.4 Å². The van der Waals surface area contributed by atoms with Crippen LogP contribution in [0.4, 0.5) is 5.82 Å². The zero-order valence-electron chi connectivity index (χ0n) is 18.9. The van der Waals surface area contributed by atoms with Gasteiger partial charge in [-0.1, -0.05) is 42.5 Å². The minimum atomic E-state index is -3.03. The Kier molecular flexibility index (Phi) is 6.12. The maximum atomic E-state index is 13.5. The molecular weight excluding hydrogens is 452 g/mol. The summed E-state index contributed by atoms with van der Waals surface area (Å²) in [7, 11) is -3.03. The fourth-order valence-corrected chi connectivity index (χ4v) is 6.56. The SMILES string of the molecule is O=C(N[C@H]1CCS(=O)(=O)C1)C1CCN(c2nc3ccccc3n(Cc3ccccc3)c2=O)CC1. The summed E-state index contributed by atoms with van der Waals surface area (Å²) < 4.78 is 25.1. The van der Waals surface area contributed by atoms with Crippen molar-refractivity contribution in [1.82, 2.24) is 14.9 Å². The molecule has 3 heterocycles. The Balaban J connectivity index is 1.33. The average Bonchev–Trinajstić information content (AvgIpc) is 3.19. The summed E-state index contributed by atoms with van der Waals surface area (Å²) in [4.78, 5) is 32.9. The number of para-hydroxylation sites is 2. The number of hydrogen-bond acceptors (Lipinski definition) is 6. The molecule has 0 spiro atoms. The number of piperidine rings is 1. The molecule has 0 bridgehead atoms. The van der Waals surface area contributed by atoms with Crippen LogP contribution >= 0.6 is 0 Å². The Bertz CT molecular complexity index is 1360. The van der Waals surface area contributed by atoms with Crippen LogP contribution in [0.2, 0.25) is 0 Å². The van der Waals surface area contributed by atoms with Gasteiger partial charge in [0.25, 0.3) is 5.56 Å². The van der Waals surface area contributed by atoms with E-state index in [0.29, 0.717) is 44.7 Å². The lowest BCUT2D eigenvalue weighted by atomic mass is 9.95. The highest BCUT2D eigenvalue weighted by Crippen LogP contribution is 2.23. The molecule has 5 rings (SSSR count). The Morgan fingerprint density at radius 3 is 2.41 bits per heavy atom. The summed E-state index contributed by atoms with van der Waals surface area (Å²) in [6.45, 7) is 1.55. The molecule has 2 fully saturated rings. The van der Waals surface area contributed by atoms with Crippen molar-refractivity contribution in [3.05, 3.63) is 70.5 Å². The van der Waals surface area contributed by atoms with E-state index in [-0.39, 0.29) is 34.9 Å². The van der Waals surface area contributed by atoms with Gasteiger partial charge in [0.2, 0.25) is 5.91 Å². The molecule has 9 heteroatoms. The Morgan fingerprint density at radius 1 is 1.00 bits per heavy atom. The van der Waals surface area contributed by atoms with Crippen molar-refractivity contribution >= 4 is 32.6 Å². The standard InChI is InChI=1S/C25H28N4O4S/c30-24(26-20-12-15-34(32,33)17-20)19-10-13-28(14-11-19)23-25(31)29(16-18-6-2-1-3-7-18)22-9-5-4-8-21(22)27-23/h1-9,19-20H,10-17H2,(H,26,30)/t20-/m0/s1. The number of sulfone groups is 1. The van der Waals surface area contributed by atoms with E-state index in [1.807, 2.05) is 59.5 Å². The molecule has 0 radical (unpaired) electrons. The second-order valence-corrected chi connectivity index (χ2v) is 11.4. The molecule has 0 aliphatic carbocycles. The van der Waals surface area contributed by atoms with E-state index in [4.69, 9.17) is 4.98 Å². The van der Waals surface area contributed by atoms with Gasteiger partial charge >= 0.3 is 0 Å². The van der Waals surface area contributed by atoms with Gasteiger partial charge in [-0.25, -0.2) is 13.4 Å². The summed E-state index contributed by atoms with van der Waals surface area (Å²) in [5.74, 6) is 0.301. The smallest absolute Gasteiger partial charge is 0.294 e. The van der Waals surface area contributed by atoms with Crippen molar-refractivity contribution in [3.8, 4) is 0 Å². The number of carbonyl (C=O) groups is 1. The first-order chi connectivity index (χ1) is 16.4. The maximum absolute atomic E-state index is 13.5. The summed E-state index contributed by atoms with van der Waals surface area (Å²) in [6, 6.07) is 17.2. The second kappa shape index (κ2) is 9.21. The first-order valence-corrected chi connectivity index (χ1v) is 13.5. The normalized spacial score (nSPS) is 20.5. The van der Waals surface area contributed by atoms with Crippen molar-refractivity contribution in [2.75, 3.05) is 29.5 Å². The van der Waals surface area contributed by atoms with Crippen LogP contribution in [0.3, 0.4) is 0 Å². The molecule has 34 heavy (non-hydrogen) atoms. The Hall–Kier alpha value is -3.20. The summed E-state index contributed by atoms with van der Waals surface area (Å²) in [6.07, 6.45) is 1.67. The van der Waals surface area contributed by atoms with Crippen molar-refractivity contribution in [1.29, 1.82) is 0 Å². The lowest BCUT2D eigenvalue weighted by Gasteiger charge is -2.32. The quantitative estimate of drug-likeness (QED) is 0.599. The van der Waals surface area contributed by atoms with E-state index < -0.39 is 9.84 Å². The van der Waals surface area contributed by atoms with E-state index in [0.717, 1.165) is 16.6 Å². The lowest BCUT2D eigenvalue weighted by molar-refractivity contribution is -0.126. The number of fused-ring (bicyclic) bond motifs is 1. The lowest BCUT2D eigenvalue weighted by Crippen LogP contribution is -2.45. The first-order valence-electron chi connectivity index (χ1n) is 11.7. The predicted octanol–water partition coefficient (Wildman–Crippen LogP) is 1.96. The minimum Gasteiger partial charge on any atom is -0.352 e. The summed E-state index contributed by atoms with van der Waals surface area (Å²) in [5.41, 5.74) is 2.45. The Morgan fingerprint density at radius 2 is 1.71 bits per heavy atom. The highest BCUT2D eigenvalue weighted by Gasteiger charge is 2.32. The minimum absolute atomic E-state index is 0.0273. The number of amides is 1. The highest BCUT2D eigenvalue weighted by atomic mass is 32.2. The fourth-order valence-electron chi connectivity index (χ4n) is 4.89. The number of nitrogens with zero attached hydrogens (tertiary/aromatic N) is 3. The van der Waals surface area contributed by atoms with Gasteiger partial charge in [0.05, 0.1) is 29.1 Å². The van der Waals surface area contributed by atoms with Crippen LogP contribution in [0.5, 0.6) is 0 Å². The van der Waals surface area contributed by atoms with Crippen molar-refractivity contribution < 1.29 is 13.2 Å². The van der Waals surface area contributed by atoms with Crippen molar-refractivity contribution in [2.45, 2.75) is 31.8 Å². The van der Waals surface area contributed by atoms with Crippen LogP contribution in [-0.4, -0.2) is 54.5 Å².